The Bertz CT molecular complexity index is 845. The van der Waals surface area contributed by atoms with Crippen molar-refractivity contribution < 1.29 is 4.74 Å². The van der Waals surface area contributed by atoms with Gasteiger partial charge in [-0.25, -0.2) is 4.98 Å². The molecule has 0 saturated carbocycles. The van der Waals surface area contributed by atoms with Crippen LogP contribution >= 0.6 is 11.8 Å². The lowest BCUT2D eigenvalue weighted by Crippen LogP contribution is -2.36. The number of thioether (sulfide) groups is 1. The third kappa shape index (κ3) is 3.09. The monoisotopic (exact) mass is 337 g/mol. The Morgan fingerprint density at radius 1 is 0.958 bits per heavy atom. The van der Waals surface area contributed by atoms with Crippen LogP contribution in [0.25, 0.3) is 22.2 Å². The van der Waals surface area contributed by atoms with Crippen LogP contribution in [0.15, 0.2) is 53.6 Å². The summed E-state index contributed by atoms with van der Waals surface area (Å²) in [5, 5.41) is 0. The van der Waals surface area contributed by atoms with Crippen molar-refractivity contribution in [2.45, 2.75) is 4.90 Å². The zero-order valence-electron chi connectivity index (χ0n) is 13.6. The molecule has 0 N–H and O–H groups in total. The van der Waals surface area contributed by atoms with Crippen molar-refractivity contribution in [1.82, 2.24) is 9.97 Å². The van der Waals surface area contributed by atoms with Gasteiger partial charge >= 0.3 is 0 Å². The van der Waals surface area contributed by atoms with Crippen LogP contribution < -0.4 is 4.90 Å². The van der Waals surface area contributed by atoms with Gasteiger partial charge in [-0.1, -0.05) is 18.2 Å². The molecule has 5 heteroatoms. The van der Waals surface area contributed by atoms with E-state index in [-0.39, 0.29) is 0 Å². The van der Waals surface area contributed by atoms with Gasteiger partial charge in [0.1, 0.15) is 5.82 Å². The van der Waals surface area contributed by atoms with Crippen molar-refractivity contribution in [2.24, 2.45) is 0 Å². The number of fused-ring (bicyclic) bond motifs is 1. The molecule has 0 atom stereocenters. The molecule has 122 valence electrons. The molecule has 1 saturated heterocycles. The second-order valence-electron chi connectivity index (χ2n) is 5.76. The molecule has 1 aliphatic rings. The third-order valence-electron chi connectivity index (χ3n) is 4.29. The van der Waals surface area contributed by atoms with Crippen LogP contribution in [0.3, 0.4) is 0 Å². The smallest absolute Gasteiger partial charge is 0.148 e. The summed E-state index contributed by atoms with van der Waals surface area (Å²) >= 11 is 1.75. The molecule has 2 aromatic carbocycles. The van der Waals surface area contributed by atoms with E-state index >= 15 is 0 Å². The third-order valence-corrected chi connectivity index (χ3v) is 5.03. The molecule has 2 heterocycles. The summed E-state index contributed by atoms with van der Waals surface area (Å²) in [4.78, 5) is 12.9. The van der Waals surface area contributed by atoms with Gasteiger partial charge in [-0.15, -0.1) is 11.8 Å². The molecule has 0 aliphatic carbocycles. The second kappa shape index (κ2) is 6.79. The fourth-order valence-electron chi connectivity index (χ4n) is 2.91. The number of morpholine rings is 1. The molecule has 1 aliphatic heterocycles. The summed E-state index contributed by atoms with van der Waals surface area (Å²) in [6, 6.07) is 14.9. The van der Waals surface area contributed by atoms with Crippen molar-refractivity contribution in [3.63, 3.8) is 0 Å². The van der Waals surface area contributed by atoms with Crippen LogP contribution in [-0.4, -0.2) is 42.5 Å². The van der Waals surface area contributed by atoms with Crippen LogP contribution in [0.5, 0.6) is 0 Å². The van der Waals surface area contributed by atoms with Gasteiger partial charge < -0.3 is 9.64 Å². The second-order valence-corrected chi connectivity index (χ2v) is 6.64. The number of anilines is 1. The van der Waals surface area contributed by atoms with Gasteiger partial charge in [-0.3, -0.25) is 4.98 Å². The van der Waals surface area contributed by atoms with E-state index in [1.54, 1.807) is 11.8 Å². The van der Waals surface area contributed by atoms with E-state index in [2.05, 4.69) is 52.5 Å². The first-order valence-electron chi connectivity index (χ1n) is 8.07. The van der Waals surface area contributed by atoms with Crippen molar-refractivity contribution in [3.8, 4) is 11.1 Å². The molecule has 4 nitrogen and oxygen atoms in total. The molecule has 3 aromatic rings. The van der Waals surface area contributed by atoms with E-state index in [1.807, 2.05) is 12.3 Å². The van der Waals surface area contributed by atoms with E-state index in [0.29, 0.717) is 0 Å². The zero-order valence-corrected chi connectivity index (χ0v) is 14.4. The average Bonchev–Trinajstić information content (AvgIpc) is 2.68. The first kappa shape index (κ1) is 15.4. The first-order valence-corrected chi connectivity index (χ1v) is 9.30. The molecule has 0 radical (unpaired) electrons. The van der Waals surface area contributed by atoms with Crippen LogP contribution in [0.1, 0.15) is 0 Å². The summed E-state index contributed by atoms with van der Waals surface area (Å²) < 4.78 is 5.41. The van der Waals surface area contributed by atoms with E-state index in [1.165, 1.54) is 16.0 Å². The Kier molecular flexibility index (Phi) is 4.36. The highest BCUT2D eigenvalue weighted by atomic mass is 32.2. The van der Waals surface area contributed by atoms with Gasteiger partial charge in [0.25, 0.3) is 0 Å². The summed E-state index contributed by atoms with van der Waals surface area (Å²) in [6.45, 7) is 3.25. The van der Waals surface area contributed by atoms with Gasteiger partial charge in [0.2, 0.25) is 0 Å². The maximum atomic E-state index is 5.41. The Balaban J connectivity index is 1.69. The fraction of sp³-hybridized carbons (Fsp3) is 0.263. The largest absolute Gasteiger partial charge is 0.378 e. The molecule has 1 fully saturated rings. The number of benzene rings is 2. The first-order chi connectivity index (χ1) is 11.8. The van der Waals surface area contributed by atoms with Crippen LogP contribution in [0.4, 0.5) is 5.82 Å². The highest BCUT2D eigenvalue weighted by molar-refractivity contribution is 7.98. The minimum Gasteiger partial charge on any atom is -0.378 e. The molecule has 4 rings (SSSR count). The lowest BCUT2D eigenvalue weighted by Gasteiger charge is -2.27. The Hall–Kier alpha value is -2.11. The number of hydrogen-bond donors (Lipinski definition) is 0. The van der Waals surface area contributed by atoms with Crippen molar-refractivity contribution in [1.29, 1.82) is 0 Å². The highest BCUT2D eigenvalue weighted by Crippen LogP contribution is 2.26. The minimum absolute atomic E-state index is 0.752. The lowest BCUT2D eigenvalue weighted by atomic mass is 10.1. The number of nitrogens with zero attached hydrogens (tertiary/aromatic N) is 3. The van der Waals surface area contributed by atoms with E-state index < -0.39 is 0 Å². The molecule has 0 amide bonds. The summed E-state index contributed by atoms with van der Waals surface area (Å²) in [5.41, 5.74) is 4.23. The molecular weight excluding hydrogens is 318 g/mol. The number of aromatic nitrogens is 2. The predicted octanol–water partition coefficient (Wildman–Crippen LogP) is 3.86. The van der Waals surface area contributed by atoms with Gasteiger partial charge in [-0.05, 0) is 41.6 Å². The molecule has 24 heavy (non-hydrogen) atoms. The Morgan fingerprint density at radius 2 is 1.71 bits per heavy atom. The molecule has 0 unspecified atom stereocenters. The Morgan fingerprint density at radius 3 is 2.46 bits per heavy atom. The fourth-order valence-corrected chi connectivity index (χ4v) is 3.32. The van der Waals surface area contributed by atoms with Crippen LogP contribution in [0.2, 0.25) is 0 Å². The van der Waals surface area contributed by atoms with Gasteiger partial charge in [0, 0.05) is 18.0 Å². The molecule has 1 aromatic heterocycles. The average molecular weight is 337 g/mol. The van der Waals surface area contributed by atoms with E-state index in [9.17, 15) is 0 Å². The SMILES string of the molecule is CSc1ccc(-c2ccc3ncc(N4CCOCC4)nc3c2)cc1. The van der Waals surface area contributed by atoms with Crippen molar-refractivity contribution >= 4 is 28.6 Å². The highest BCUT2D eigenvalue weighted by Gasteiger charge is 2.13. The lowest BCUT2D eigenvalue weighted by molar-refractivity contribution is 0.122. The maximum Gasteiger partial charge on any atom is 0.148 e. The maximum absolute atomic E-state index is 5.41. The summed E-state index contributed by atoms with van der Waals surface area (Å²) in [6.07, 6.45) is 3.95. The number of rotatable bonds is 3. The minimum atomic E-state index is 0.752. The quantitative estimate of drug-likeness (QED) is 0.679. The van der Waals surface area contributed by atoms with Gasteiger partial charge in [0.15, 0.2) is 0 Å². The zero-order chi connectivity index (χ0) is 16.4. The number of hydrogen-bond acceptors (Lipinski definition) is 5. The summed E-state index contributed by atoms with van der Waals surface area (Å²) in [5.74, 6) is 0.931. The number of ether oxygens (including phenoxy) is 1. The summed E-state index contributed by atoms with van der Waals surface area (Å²) in [7, 11) is 0. The van der Waals surface area contributed by atoms with Gasteiger partial charge in [-0.2, -0.15) is 0 Å². The van der Waals surface area contributed by atoms with E-state index in [4.69, 9.17) is 9.72 Å². The standard InChI is InChI=1S/C19H19N3OS/c1-24-16-5-2-14(3-6-16)15-4-7-17-18(12-15)21-19(13-20-17)22-8-10-23-11-9-22/h2-7,12-13H,8-11H2,1H3. The predicted molar refractivity (Wildman–Crippen MR) is 99.8 cm³/mol. The molecule has 0 bridgehead atoms. The molecular formula is C19H19N3OS. The van der Waals surface area contributed by atoms with Gasteiger partial charge in [0.05, 0.1) is 30.4 Å². The normalized spacial score (nSPS) is 15.0. The topological polar surface area (TPSA) is 38.2 Å². The van der Waals surface area contributed by atoms with Crippen molar-refractivity contribution in [3.05, 3.63) is 48.7 Å². The van der Waals surface area contributed by atoms with Crippen LogP contribution in [0, 0.1) is 0 Å². The van der Waals surface area contributed by atoms with Crippen molar-refractivity contribution in [2.75, 3.05) is 37.5 Å². The van der Waals surface area contributed by atoms with Crippen LogP contribution in [-0.2, 0) is 4.74 Å². The van der Waals surface area contributed by atoms with E-state index in [0.717, 1.165) is 43.2 Å². The Labute approximate surface area is 145 Å². The molecule has 0 spiro atoms.